The van der Waals surface area contributed by atoms with Crippen LogP contribution >= 0.6 is 0 Å². The molecule has 0 radical (unpaired) electrons. The molecule has 8 heteroatoms. The lowest BCUT2D eigenvalue weighted by Gasteiger charge is -2.24. The molecule has 0 saturated heterocycles. The van der Waals surface area contributed by atoms with Crippen LogP contribution < -0.4 is 10.6 Å². The molecule has 0 aromatic heterocycles. The molecule has 4 N–H and O–H groups in total. The lowest BCUT2D eigenvalue weighted by Crippen LogP contribution is -2.54. The summed E-state index contributed by atoms with van der Waals surface area (Å²) in [6.45, 7) is 3.52. The quantitative estimate of drug-likeness (QED) is 0.500. The topological polar surface area (TPSA) is 125 Å². The molecule has 2 aromatic rings. The van der Waals surface area contributed by atoms with E-state index in [1.165, 1.54) is 12.1 Å². The van der Waals surface area contributed by atoms with Crippen molar-refractivity contribution in [1.29, 1.82) is 0 Å². The van der Waals surface area contributed by atoms with E-state index in [0.717, 1.165) is 5.56 Å². The molecule has 160 valence electrons. The van der Waals surface area contributed by atoms with Crippen LogP contribution in [0.15, 0.2) is 54.6 Å². The Hall–Kier alpha value is -3.55. The number of amides is 2. The second-order valence-electron chi connectivity index (χ2n) is 7.20. The van der Waals surface area contributed by atoms with E-state index in [9.17, 15) is 24.6 Å². The monoisotopic (exact) mass is 414 g/mol. The van der Waals surface area contributed by atoms with Crippen molar-refractivity contribution in [2.75, 3.05) is 0 Å². The average Bonchev–Trinajstić information content (AvgIpc) is 2.71. The highest BCUT2D eigenvalue weighted by atomic mass is 16.5. The number of aliphatic carboxylic acids is 1. The number of alkyl carbamates (subject to hydrolysis) is 1. The van der Waals surface area contributed by atoms with Crippen molar-refractivity contribution < 1.29 is 29.3 Å². The number of hydrogen-bond donors (Lipinski definition) is 4. The summed E-state index contributed by atoms with van der Waals surface area (Å²) in [4.78, 5) is 36.4. The lowest BCUT2D eigenvalue weighted by molar-refractivity contribution is -0.142. The smallest absolute Gasteiger partial charge is 0.408 e. The lowest BCUT2D eigenvalue weighted by atomic mass is 10.0. The van der Waals surface area contributed by atoms with E-state index in [1.807, 2.05) is 18.2 Å². The van der Waals surface area contributed by atoms with Gasteiger partial charge >= 0.3 is 12.1 Å². The Bertz CT molecular complexity index is 852. The van der Waals surface area contributed by atoms with Gasteiger partial charge in [0.15, 0.2) is 0 Å². The van der Waals surface area contributed by atoms with Gasteiger partial charge in [0, 0.05) is 6.42 Å². The normalized spacial score (nSPS) is 12.6. The molecule has 2 aromatic carbocycles. The highest BCUT2D eigenvalue weighted by molar-refractivity contribution is 5.89. The second-order valence-corrected chi connectivity index (χ2v) is 7.20. The summed E-state index contributed by atoms with van der Waals surface area (Å²) in [7, 11) is 0. The summed E-state index contributed by atoms with van der Waals surface area (Å²) in [6, 6.07) is 13.0. The van der Waals surface area contributed by atoms with Crippen molar-refractivity contribution in [1.82, 2.24) is 10.6 Å². The van der Waals surface area contributed by atoms with Crippen molar-refractivity contribution in [3.8, 4) is 5.75 Å². The third-order valence-electron chi connectivity index (χ3n) is 4.43. The highest BCUT2D eigenvalue weighted by Gasteiger charge is 2.29. The zero-order valence-electron chi connectivity index (χ0n) is 16.9. The van der Waals surface area contributed by atoms with E-state index in [0.29, 0.717) is 5.56 Å². The Kier molecular flexibility index (Phi) is 8.22. The fourth-order valence-electron chi connectivity index (χ4n) is 2.76. The van der Waals surface area contributed by atoms with E-state index in [4.69, 9.17) is 4.74 Å². The zero-order chi connectivity index (χ0) is 22.1. The predicted molar refractivity (Wildman–Crippen MR) is 110 cm³/mol. The first-order chi connectivity index (χ1) is 14.3. The molecule has 2 atom stereocenters. The molecule has 0 fully saturated rings. The first kappa shape index (κ1) is 22.7. The number of aromatic hydroxyl groups is 1. The number of carboxylic acid groups (broad SMARTS) is 1. The number of hydrogen-bond acceptors (Lipinski definition) is 5. The summed E-state index contributed by atoms with van der Waals surface area (Å²) >= 11 is 0. The molecule has 0 heterocycles. The van der Waals surface area contributed by atoms with E-state index in [1.54, 1.807) is 38.1 Å². The number of nitrogens with one attached hydrogen (secondary N) is 2. The minimum Gasteiger partial charge on any atom is -0.508 e. The SMILES string of the molecule is CC(C)[C@H](NC(=O)OCc1ccccc1)C(=O)N[C@H](Cc1ccc(O)cc1)C(=O)O. The third kappa shape index (κ3) is 7.12. The summed E-state index contributed by atoms with van der Waals surface area (Å²) in [6.07, 6.45) is -0.733. The van der Waals surface area contributed by atoms with Crippen LogP contribution in [-0.4, -0.2) is 40.3 Å². The van der Waals surface area contributed by atoms with Crippen molar-refractivity contribution in [2.45, 2.75) is 39.0 Å². The summed E-state index contributed by atoms with van der Waals surface area (Å²) in [5, 5.41) is 23.8. The van der Waals surface area contributed by atoms with E-state index >= 15 is 0 Å². The molecule has 0 unspecified atom stereocenters. The molecular weight excluding hydrogens is 388 g/mol. The zero-order valence-corrected chi connectivity index (χ0v) is 16.9. The molecule has 0 aliphatic carbocycles. The van der Waals surface area contributed by atoms with Gasteiger partial charge in [0.25, 0.3) is 0 Å². The number of benzene rings is 2. The van der Waals surface area contributed by atoms with Crippen LogP contribution in [0.1, 0.15) is 25.0 Å². The molecule has 0 aliphatic rings. The maximum Gasteiger partial charge on any atom is 0.408 e. The van der Waals surface area contributed by atoms with Crippen molar-refractivity contribution in [2.24, 2.45) is 5.92 Å². The van der Waals surface area contributed by atoms with Crippen molar-refractivity contribution >= 4 is 18.0 Å². The molecule has 2 amide bonds. The van der Waals surface area contributed by atoms with E-state index in [-0.39, 0.29) is 24.7 Å². The van der Waals surface area contributed by atoms with Gasteiger partial charge in [-0.25, -0.2) is 9.59 Å². The van der Waals surface area contributed by atoms with Crippen LogP contribution in [0.3, 0.4) is 0 Å². The van der Waals surface area contributed by atoms with E-state index < -0.39 is 30.1 Å². The molecule has 0 spiro atoms. The van der Waals surface area contributed by atoms with Gasteiger partial charge in [-0.3, -0.25) is 4.79 Å². The summed E-state index contributed by atoms with van der Waals surface area (Å²) < 4.78 is 5.15. The number of carbonyl (C=O) groups excluding carboxylic acids is 2. The van der Waals surface area contributed by atoms with Crippen LogP contribution in [0.2, 0.25) is 0 Å². The Morgan fingerprint density at radius 3 is 2.13 bits per heavy atom. The molecule has 0 bridgehead atoms. The number of ether oxygens (including phenoxy) is 1. The maximum absolute atomic E-state index is 12.7. The van der Waals surface area contributed by atoms with Crippen molar-refractivity contribution in [3.05, 3.63) is 65.7 Å². The van der Waals surface area contributed by atoms with Gasteiger partial charge in [-0.05, 0) is 29.2 Å². The Morgan fingerprint density at radius 2 is 1.57 bits per heavy atom. The summed E-state index contributed by atoms with van der Waals surface area (Å²) in [5.41, 5.74) is 1.44. The number of phenols is 1. The largest absolute Gasteiger partial charge is 0.508 e. The Labute approximate surface area is 174 Å². The van der Waals surface area contributed by atoms with Gasteiger partial charge in [0.2, 0.25) is 5.91 Å². The van der Waals surface area contributed by atoms with Crippen LogP contribution in [0.4, 0.5) is 4.79 Å². The highest BCUT2D eigenvalue weighted by Crippen LogP contribution is 2.12. The van der Waals surface area contributed by atoms with Crippen LogP contribution in [0, 0.1) is 5.92 Å². The minimum atomic E-state index is -1.20. The fraction of sp³-hybridized carbons (Fsp3) is 0.318. The minimum absolute atomic E-state index is 0.0324. The molecule has 0 saturated carbocycles. The standard InChI is InChI=1S/C22H26N2O6/c1-14(2)19(24-22(29)30-13-16-6-4-3-5-7-16)20(26)23-18(21(27)28)12-15-8-10-17(25)11-9-15/h3-11,14,18-19,25H,12-13H2,1-2H3,(H,23,26)(H,24,29)(H,27,28)/t18-,19+/m1/s1. The number of phenolic OH excluding ortho intramolecular Hbond substituents is 1. The molecule has 0 aliphatic heterocycles. The van der Waals surface area contributed by atoms with Gasteiger partial charge in [0.1, 0.15) is 24.4 Å². The Balaban J connectivity index is 1.97. The van der Waals surface area contributed by atoms with Gasteiger partial charge in [-0.1, -0.05) is 56.3 Å². The van der Waals surface area contributed by atoms with Gasteiger partial charge in [0.05, 0.1) is 0 Å². The average molecular weight is 414 g/mol. The number of carbonyl (C=O) groups is 3. The van der Waals surface area contributed by atoms with E-state index in [2.05, 4.69) is 10.6 Å². The fourth-order valence-corrected chi connectivity index (χ4v) is 2.76. The first-order valence-electron chi connectivity index (χ1n) is 9.54. The number of rotatable bonds is 9. The van der Waals surface area contributed by atoms with Crippen LogP contribution in [0.5, 0.6) is 5.75 Å². The maximum atomic E-state index is 12.7. The first-order valence-corrected chi connectivity index (χ1v) is 9.54. The summed E-state index contributed by atoms with van der Waals surface area (Å²) in [5.74, 6) is -2.05. The number of carboxylic acids is 1. The molecule has 8 nitrogen and oxygen atoms in total. The predicted octanol–water partition coefficient (Wildman–Crippen LogP) is 2.46. The molecule has 2 rings (SSSR count). The van der Waals surface area contributed by atoms with Crippen LogP contribution in [0.25, 0.3) is 0 Å². The van der Waals surface area contributed by atoms with Gasteiger partial charge in [-0.2, -0.15) is 0 Å². The second kappa shape index (κ2) is 10.8. The third-order valence-corrected chi connectivity index (χ3v) is 4.43. The van der Waals surface area contributed by atoms with Gasteiger partial charge < -0.3 is 25.6 Å². The molecular formula is C22H26N2O6. The Morgan fingerprint density at radius 1 is 0.933 bits per heavy atom. The van der Waals surface area contributed by atoms with Gasteiger partial charge in [-0.15, -0.1) is 0 Å². The van der Waals surface area contributed by atoms with Crippen LogP contribution in [-0.2, 0) is 27.4 Å². The van der Waals surface area contributed by atoms with Crippen molar-refractivity contribution in [3.63, 3.8) is 0 Å². The molecule has 30 heavy (non-hydrogen) atoms.